The molecule has 1 aromatic heterocycles. The molecule has 4 rings (SSSR count). The molecule has 33 heavy (non-hydrogen) atoms. The molecule has 6 heteroatoms. The van der Waals surface area contributed by atoms with Gasteiger partial charge < -0.3 is 5.11 Å². The zero-order valence-electron chi connectivity index (χ0n) is 18.1. The van der Waals surface area contributed by atoms with Gasteiger partial charge in [0.15, 0.2) is 5.78 Å². The maximum absolute atomic E-state index is 13.4. The molecule has 0 amide bonds. The first-order valence-electron chi connectivity index (χ1n) is 10.7. The Bertz CT molecular complexity index is 1410. The molecular formula is C27H24N2O4. The number of hydrogen-bond acceptors (Lipinski definition) is 4. The molecule has 0 unspecified atom stereocenters. The summed E-state index contributed by atoms with van der Waals surface area (Å²) in [6.07, 6.45) is 3.55. The maximum atomic E-state index is 13.4. The highest BCUT2D eigenvalue weighted by Gasteiger charge is 2.13. The Morgan fingerprint density at radius 3 is 2.24 bits per heavy atom. The Labute approximate surface area is 190 Å². The van der Waals surface area contributed by atoms with E-state index in [0.29, 0.717) is 30.4 Å². The fourth-order valence-electron chi connectivity index (χ4n) is 3.77. The van der Waals surface area contributed by atoms with Crippen LogP contribution in [0.15, 0.2) is 94.5 Å². The predicted molar refractivity (Wildman–Crippen MR) is 129 cm³/mol. The van der Waals surface area contributed by atoms with Gasteiger partial charge in [-0.25, -0.2) is 4.79 Å². The average molecular weight is 440 g/mol. The second-order valence-electron chi connectivity index (χ2n) is 7.78. The maximum Gasteiger partial charge on any atom is 0.331 e. The SMILES string of the molecule is O=C(/C=C/c1ccc(Cn2c(=O)n(CCc3ccccc3)c(=O)c3ccccc32)cc1)CO. The average Bonchev–Trinajstić information content (AvgIpc) is 2.86. The van der Waals surface area contributed by atoms with Gasteiger partial charge in [0.2, 0.25) is 0 Å². The summed E-state index contributed by atoms with van der Waals surface area (Å²) < 4.78 is 2.94. The minimum atomic E-state index is -0.523. The zero-order chi connectivity index (χ0) is 23.2. The summed E-state index contributed by atoms with van der Waals surface area (Å²) in [6.45, 7) is 0.0875. The summed E-state index contributed by atoms with van der Waals surface area (Å²) in [5, 5.41) is 9.33. The second-order valence-corrected chi connectivity index (χ2v) is 7.78. The van der Waals surface area contributed by atoms with Crippen molar-refractivity contribution >= 4 is 22.8 Å². The summed E-state index contributed by atoms with van der Waals surface area (Å²) in [5.41, 5.74) is 2.74. The van der Waals surface area contributed by atoms with Crippen LogP contribution in [0.25, 0.3) is 17.0 Å². The first kappa shape index (κ1) is 22.2. The van der Waals surface area contributed by atoms with Gasteiger partial charge in [0, 0.05) is 6.54 Å². The largest absolute Gasteiger partial charge is 0.388 e. The van der Waals surface area contributed by atoms with Crippen molar-refractivity contribution in [1.29, 1.82) is 0 Å². The Balaban J connectivity index is 1.68. The van der Waals surface area contributed by atoms with E-state index in [1.807, 2.05) is 60.7 Å². The minimum absolute atomic E-state index is 0.281. The highest BCUT2D eigenvalue weighted by molar-refractivity contribution is 5.94. The van der Waals surface area contributed by atoms with Crippen LogP contribution in [-0.4, -0.2) is 26.6 Å². The van der Waals surface area contributed by atoms with Crippen molar-refractivity contribution in [2.45, 2.75) is 19.5 Å². The van der Waals surface area contributed by atoms with E-state index in [4.69, 9.17) is 5.11 Å². The van der Waals surface area contributed by atoms with Crippen molar-refractivity contribution in [2.75, 3.05) is 6.61 Å². The number of para-hydroxylation sites is 1. The molecule has 0 atom stereocenters. The van der Waals surface area contributed by atoms with Crippen LogP contribution in [-0.2, 0) is 24.3 Å². The number of aliphatic hydroxyl groups excluding tert-OH is 1. The van der Waals surface area contributed by atoms with Crippen molar-refractivity contribution in [3.05, 3.63) is 122 Å². The molecule has 0 aliphatic heterocycles. The summed E-state index contributed by atoms with van der Waals surface area (Å²) in [6, 6.07) is 24.4. The summed E-state index contributed by atoms with van der Waals surface area (Å²) in [7, 11) is 0. The first-order chi connectivity index (χ1) is 16.1. The Morgan fingerprint density at radius 2 is 1.52 bits per heavy atom. The Kier molecular flexibility index (Phi) is 6.76. The highest BCUT2D eigenvalue weighted by Crippen LogP contribution is 2.12. The number of hydrogen-bond donors (Lipinski definition) is 1. The van der Waals surface area contributed by atoms with Crippen LogP contribution in [0.2, 0.25) is 0 Å². The van der Waals surface area contributed by atoms with Crippen LogP contribution >= 0.6 is 0 Å². The van der Waals surface area contributed by atoms with Crippen molar-refractivity contribution in [1.82, 2.24) is 9.13 Å². The van der Waals surface area contributed by atoms with Gasteiger partial charge in [-0.2, -0.15) is 0 Å². The molecule has 6 nitrogen and oxygen atoms in total. The monoisotopic (exact) mass is 440 g/mol. The van der Waals surface area contributed by atoms with E-state index in [2.05, 4.69) is 0 Å². The van der Waals surface area contributed by atoms with E-state index in [1.165, 1.54) is 10.6 Å². The first-order valence-corrected chi connectivity index (χ1v) is 10.7. The number of nitrogens with zero attached hydrogens (tertiary/aromatic N) is 2. The van der Waals surface area contributed by atoms with Crippen molar-refractivity contribution in [3.8, 4) is 0 Å². The van der Waals surface area contributed by atoms with Crippen molar-refractivity contribution in [3.63, 3.8) is 0 Å². The second kappa shape index (κ2) is 10.1. The van der Waals surface area contributed by atoms with Gasteiger partial charge in [0.1, 0.15) is 6.61 Å². The van der Waals surface area contributed by atoms with E-state index < -0.39 is 6.61 Å². The number of aryl methyl sites for hydroxylation is 1. The number of carbonyl (C=O) groups is 1. The predicted octanol–water partition coefficient (Wildman–Crippen LogP) is 3.03. The minimum Gasteiger partial charge on any atom is -0.388 e. The fraction of sp³-hybridized carbons (Fsp3) is 0.148. The topological polar surface area (TPSA) is 81.3 Å². The molecule has 0 aliphatic carbocycles. The molecule has 0 saturated heterocycles. The molecule has 0 spiro atoms. The molecule has 0 bridgehead atoms. The molecule has 0 saturated carbocycles. The third kappa shape index (κ3) is 5.07. The molecule has 3 aromatic carbocycles. The lowest BCUT2D eigenvalue weighted by atomic mass is 10.1. The standard InChI is InChI=1S/C27H24N2O4/c30-19-23(31)15-14-21-10-12-22(13-11-21)18-29-25-9-5-4-8-24(25)26(32)28(27(29)33)17-16-20-6-2-1-3-7-20/h1-15,30H,16-19H2/b15-14+. The number of aromatic nitrogens is 2. The van der Waals surface area contributed by atoms with Gasteiger partial charge in [-0.05, 0) is 41.3 Å². The van der Waals surface area contributed by atoms with Crippen LogP contribution < -0.4 is 11.2 Å². The Morgan fingerprint density at radius 1 is 0.818 bits per heavy atom. The highest BCUT2D eigenvalue weighted by atomic mass is 16.3. The van der Waals surface area contributed by atoms with Crippen LogP contribution in [0.3, 0.4) is 0 Å². The number of ketones is 1. The van der Waals surface area contributed by atoms with E-state index in [-0.39, 0.29) is 17.0 Å². The summed E-state index contributed by atoms with van der Waals surface area (Å²) >= 11 is 0. The fourth-order valence-corrected chi connectivity index (χ4v) is 3.77. The van der Waals surface area contributed by atoms with E-state index in [0.717, 1.165) is 16.7 Å². The molecule has 0 fully saturated rings. The smallest absolute Gasteiger partial charge is 0.331 e. The molecule has 0 aliphatic rings. The quantitative estimate of drug-likeness (QED) is 0.427. The normalized spacial score (nSPS) is 11.3. The lowest BCUT2D eigenvalue weighted by Gasteiger charge is -2.14. The zero-order valence-corrected chi connectivity index (χ0v) is 18.1. The van der Waals surface area contributed by atoms with Crippen LogP contribution in [0.5, 0.6) is 0 Å². The number of benzene rings is 3. The third-order valence-electron chi connectivity index (χ3n) is 5.54. The number of rotatable bonds is 8. The van der Waals surface area contributed by atoms with Crippen molar-refractivity contribution in [2.24, 2.45) is 0 Å². The van der Waals surface area contributed by atoms with E-state index in [1.54, 1.807) is 28.8 Å². The third-order valence-corrected chi connectivity index (χ3v) is 5.54. The van der Waals surface area contributed by atoms with Crippen LogP contribution in [0, 0.1) is 0 Å². The summed E-state index contributed by atoms with van der Waals surface area (Å²) in [4.78, 5) is 37.7. The van der Waals surface area contributed by atoms with Gasteiger partial charge in [0.05, 0.1) is 17.4 Å². The molecule has 0 radical (unpaired) electrons. The number of fused-ring (bicyclic) bond motifs is 1. The van der Waals surface area contributed by atoms with Crippen LogP contribution in [0.1, 0.15) is 16.7 Å². The summed E-state index contributed by atoms with van der Waals surface area (Å²) in [5.74, 6) is -0.366. The van der Waals surface area contributed by atoms with E-state index >= 15 is 0 Å². The van der Waals surface area contributed by atoms with Gasteiger partial charge in [-0.15, -0.1) is 0 Å². The van der Waals surface area contributed by atoms with Gasteiger partial charge in [-0.3, -0.25) is 18.7 Å². The van der Waals surface area contributed by atoms with Gasteiger partial charge in [-0.1, -0.05) is 72.8 Å². The van der Waals surface area contributed by atoms with Crippen LogP contribution in [0.4, 0.5) is 0 Å². The Hall–Kier alpha value is -4.03. The lowest BCUT2D eigenvalue weighted by molar-refractivity contribution is -0.117. The molecule has 1 N–H and O–H groups in total. The van der Waals surface area contributed by atoms with E-state index in [9.17, 15) is 14.4 Å². The van der Waals surface area contributed by atoms with Gasteiger partial charge >= 0.3 is 5.69 Å². The van der Waals surface area contributed by atoms with Gasteiger partial charge in [0.25, 0.3) is 5.56 Å². The lowest BCUT2D eigenvalue weighted by Crippen LogP contribution is -2.40. The molecule has 1 heterocycles. The van der Waals surface area contributed by atoms with Crippen molar-refractivity contribution < 1.29 is 9.90 Å². The number of carbonyl (C=O) groups excluding carboxylic acids is 1. The molecule has 4 aromatic rings. The molecular weight excluding hydrogens is 416 g/mol. The molecule has 166 valence electrons. The number of aliphatic hydroxyl groups is 1.